The molecule has 0 bridgehead atoms. The van der Waals surface area contributed by atoms with E-state index in [-0.39, 0.29) is 0 Å². The van der Waals surface area contributed by atoms with Crippen LogP contribution in [0, 0.1) is 0 Å². The van der Waals surface area contributed by atoms with Crippen molar-refractivity contribution in [3.63, 3.8) is 0 Å². The Labute approximate surface area is 373 Å². The molecule has 1 aromatic heterocycles. The van der Waals surface area contributed by atoms with Crippen LogP contribution in [0.25, 0.3) is 93.5 Å². The molecule has 0 N–H and O–H groups in total. The fourth-order valence-electron chi connectivity index (χ4n) is 9.71. The van der Waals surface area contributed by atoms with E-state index >= 15 is 0 Å². The number of nitrogens with zero attached hydrogens (tertiary/aromatic N) is 2. The van der Waals surface area contributed by atoms with Crippen LogP contribution in [-0.4, -0.2) is 4.57 Å². The lowest BCUT2D eigenvalue weighted by Crippen LogP contribution is -2.10. The third kappa shape index (κ3) is 6.52. The molecular formula is C62H42N2. The fourth-order valence-corrected chi connectivity index (χ4v) is 9.71. The monoisotopic (exact) mass is 814 g/mol. The number of anilines is 3. The Bertz CT molecular complexity index is 3660. The van der Waals surface area contributed by atoms with Crippen LogP contribution in [0.4, 0.5) is 17.1 Å². The highest BCUT2D eigenvalue weighted by Gasteiger charge is 2.21. The van der Waals surface area contributed by atoms with Crippen molar-refractivity contribution in [1.29, 1.82) is 0 Å². The molecule has 12 aromatic rings. The van der Waals surface area contributed by atoms with Crippen LogP contribution >= 0.6 is 0 Å². The van der Waals surface area contributed by atoms with Crippen LogP contribution in [-0.2, 0) is 0 Å². The Kier molecular flexibility index (Phi) is 9.20. The number of benzene rings is 11. The van der Waals surface area contributed by atoms with E-state index in [1.165, 1.54) is 76.7 Å². The Balaban J connectivity index is 1.07. The van der Waals surface area contributed by atoms with Crippen molar-refractivity contribution in [2.45, 2.75) is 0 Å². The lowest BCUT2D eigenvalue weighted by Gasteiger charge is -2.28. The third-order valence-electron chi connectivity index (χ3n) is 12.8. The van der Waals surface area contributed by atoms with Gasteiger partial charge < -0.3 is 9.47 Å². The Morgan fingerprint density at radius 1 is 0.266 bits per heavy atom. The van der Waals surface area contributed by atoms with Gasteiger partial charge >= 0.3 is 0 Å². The van der Waals surface area contributed by atoms with Crippen molar-refractivity contribution in [3.8, 4) is 50.2 Å². The van der Waals surface area contributed by atoms with Crippen LogP contribution in [0.5, 0.6) is 0 Å². The summed E-state index contributed by atoms with van der Waals surface area (Å²) < 4.78 is 2.49. The maximum absolute atomic E-state index is 2.49. The highest BCUT2D eigenvalue weighted by Crippen LogP contribution is 2.45. The Hall–Kier alpha value is -8.46. The molecule has 0 unspecified atom stereocenters. The van der Waals surface area contributed by atoms with Crippen molar-refractivity contribution in [2.24, 2.45) is 0 Å². The van der Waals surface area contributed by atoms with Gasteiger partial charge in [0.15, 0.2) is 0 Å². The summed E-state index contributed by atoms with van der Waals surface area (Å²) in [5.74, 6) is 0. The SMILES string of the molecule is c1ccc(-c2ccc(N(c3cccc(-c4ccc5ccccc5c4)c3)c3ccc(-c4ccccc4-n4c5ccccc5c5ccc6ccccc6c54)c(-c4ccccc4)c3)cc2)cc1. The van der Waals surface area contributed by atoms with E-state index in [2.05, 4.69) is 264 Å². The summed E-state index contributed by atoms with van der Waals surface area (Å²) in [4.78, 5) is 2.40. The van der Waals surface area contributed by atoms with Crippen LogP contribution in [0.1, 0.15) is 0 Å². The van der Waals surface area contributed by atoms with E-state index in [0.29, 0.717) is 0 Å². The van der Waals surface area contributed by atoms with Crippen LogP contribution < -0.4 is 4.90 Å². The number of aromatic nitrogens is 1. The lowest BCUT2D eigenvalue weighted by molar-refractivity contribution is 1.19. The van der Waals surface area contributed by atoms with Gasteiger partial charge in [0.2, 0.25) is 0 Å². The maximum Gasteiger partial charge on any atom is 0.0619 e. The average Bonchev–Trinajstić information content (AvgIpc) is 3.72. The minimum Gasteiger partial charge on any atom is -0.310 e. The predicted molar refractivity (Wildman–Crippen MR) is 272 cm³/mol. The zero-order chi connectivity index (χ0) is 42.4. The molecule has 11 aromatic carbocycles. The third-order valence-corrected chi connectivity index (χ3v) is 12.8. The van der Waals surface area contributed by atoms with Gasteiger partial charge in [-0.15, -0.1) is 0 Å². The summed E-state index contributed by atoms with van der Waals surface area (Å²) in [7, 11) is 0. The molecule has 2 heteroatoms. The van der Waals surface area contributed by atoms with Gasteiger partial charge in [-0.2, -0.15) is 0 Å². The molecule has 12 rings (SSSR count). The van der Waals surface area contributed by atoms with E-state index in [9.17, 15) is 0 Å². The Morgan fingerprint density at radius 3 is 1.67 bits per heavy atom. The molecule has 0 atom stereocenters. The van der Waals surface area contributed by atoms with Gasteiger partial charge in [-0.05, 0) is 110 Å². The average molecular weight is 815 g/mol. The number of rotatable bonds is 8. The second kappa shape index (κ2) is 15.8. The lowest BCUT2D eigenvalue weighted by atomic mass is 9.92. The topological polar surface area (TPSA) is 8.17 Å². The summed E-state index contributed by atoms with van der Waals surface area (Å²) in [6.45, 7) is 0. The zero-order valence-electron chi connectivity index (χ0n) is 35.1. The van der Waals surface area contributed by atoms with Gasteiger partial charge in [0.25, 0.3) is 0 Å². The second-order valence-corrected chi connectivity index (χ2v) is 16.5. The standard InChI is InChI=1S/C62H42N2/c1-3-16-43(17-4-1)45-32-35-51(36-33-45)63(52-24-15-23-49(41-52)50-31-30-44-18-7-8-22-48(44)40-50)53-37-39-55(59(42-53)46-19-5-2-6-20-46)56-26-11-13-28-60(56)64-61-29-14-12-27-57(61)58-38-34-47-21-9-10-25-54(47)62(58)64/h1-42H. The zero-order valence-corrected chi connectivity index (χ0v) is 35.1. The summed E-state index contributed by atoms with van der Waals surface area (Å²) in [6.07, 6.45) is 0. The van der Waals surface area contributed by atoms with E-state index < -0.39 is 0 Å². The predicted octanol–water partition coefficient (Wildman–Crippen LogP) is 17.2. The molecular weight excluding hydrogens is 773 g/mol. The number of fused-ring (bicyclic) bond motifs is 6. The molecule has 1 heterocycles. The molecule has 0 aliphatic heterocycles. The van der Waals surface area contributed by atoms with E-state index in [0.717, 1.165) is 33.9 Å². The molecule has 300 valence electrons. The first-order chi connectivity index (χ1) is 31.7. The first kappa shape index (κ1) is 37.3. The summed E-state index contributed by atoms with van der Waals surface area (Å²) in [6, 6.07) is 92.8. The summed E-state index contributed by atoms with van der Waals surface area (Å²) in [5, 5.41) is 7.44. The molecule has 64 heavy (non-hydrogen) atoms. The first-order valence-corrected chi connectivity index (χ1v) is 22.0. The number of hydrogen-bond donors (Lipinski definition) is 0. The van der Waals surface area contributed by atoms with Gasteiger partial charge in [-0.25, -0.2) is 0 Å². The highest BCUT2D eigenvalue weighted by atomic mass is 15.1. The minimum absolute atomic E-state index is 1.08. The summed E-state index contributed by atoms with van der Waals surface area (Å²) in [5.41, 5.74) is 16.2. The van der Waals surface area contributed by atoms with Crippen molar-refractivity contribution in [1.82, 2.24) is 4.57 Å². The van der Waals surface area contributed by atoms with Crippen molar-refractivity contribution < 1.29 is 0 Å². The molecule has 0 amide bonds. The van der Waals surface area contributed by atoms with Crippen LogP contribution in [0.15, 0.2) is 255 Å². The van der Waals surface area contributed by atoms with Crippen LogP contribution in [0.3, 0.4) is 0 Å². The van der Waals surface area contributed by atoms with Gasteiger partial charge in [0, 0.05) is 38.8 Å². The molecule has 0 saturated carbocycles. The van der Waals surface area contributed by atoms with E-state index in [4.69, 9.17) is 0 Å². The van der Waals surface area contributed by atoms with Crippen LogP contribution in [0.2, 0.25) is 0 Å². The number of hydrogen-bond acceptors (Lipinski definition) is 1. The van der Waals surface area contributed by atoms with Gasteiger partial charge in [-0.1, -0.05) is 200 Å². The first-order valence-electron chi connectivity index (χ1n) is 22.0. The second-order valence-electron chi connectivity index (χ2n) is 16.5. The molecule has 0 aliphatic carbocycles. The van der Waals surface area contributed by atoms with Gasteiger partial charge in [0.05, 0.1) is 16.7 Å². The molecule has 0 saturated heterocycles. The quantitative estimate of drug-likeness (QED) is 0.148. The maximum atomic E-state index is 2.49. The smallest absolute Gasteiger partial charge is 0.0619 e. The van der Waals surface area contributed by atoms with E-state index in [1.807, 2.05) is 0 Å². The molecule has 2 nitrogen and oxygen atoms in total. The number of para-hydroxylation sites is 2. The van der Waals surface area contributed by atoms with Crippen molar-refractivity contribution in [2.75, 3.05) is 4.90 Å². The van der Waals surface area contributed by atoms with E-state index in [1.54, 1.807) is 0 Å². The summed E-state index contributed by atoms with van der Waals surface area (Å²) >= 11 is 0. The Morgan fingerprint density at radius 2 is 0.844 bits per heavy atom. The largest absolute Gasteiger partial charge is 0.310 e. The molecule has 0 radical (unpaired) electrons. The molecule has 0 aliphatic rings. The van der Waals surface area contributed by atoms with Gasteiger partial charge in [-0.3, -0.25) is 0 Å². The normalized spacial score (nSPS) is 11.4. The van der Waals surface area contributed by atoms with Crippen molar-refractivity contribution >= 4 is 60.4 Å². The fraction of sp³-hybridized carbons (Fsp3) is 0. The minimum atomic E-state index is 1.08. The molecule has 0 spiro atoms. The van der Waals surface area contributed by atoms with Crippen molar-refractivity contribution in [3.05, 3.63) is 255 Å². The highest BCUT2D eigenvalue weighted by molar-refractivity contribution is 6.19. The molecule has 0 fully saturated rings. The van der Waals surface area contributed by atoms with Gasteiger partial charge in [0.1, 0.15) is 0 Å².